The van der Waals surface area contributed by atoms with Crippen LogP contribution < -0.4 is 0 Å². The summed E-state index contributed by atoms with van der Waals surface area (Å²) in [6.07, 6.45) is 3.17. The summed E-state index contributed by atoms with van der Waals surface area (Å²) in [5.74, 6) is 0.485. The molecule has 1 aromatic carbocycles. The van der Waals surface area contributed by atoms with Crippen molar-refractivity contribution in [3.8, 4) is 0 Å². The zero-order valence-electron chi connectivity index (χ0n) is 13.1. The van der Waals surface area contributed by atoms with E-state index in [0.717, 1.165) is 35.0 Å². The summed E-state index contributed by atoms with van der Waals surface area (Å²) in [4.78, 5) is 12.4. The van der Waals surface area contributed by atoms with Crippen LogP contribution >= 0.6 is 0 Å². The highest BCUT2D eigenvalue weighted by atomic mass is 16.6. The Morgan fingerprint density at radius 3 is 2.62 bits per heavy atom. The minimum atomic E-state index is -0.518. The van der Waals surface area contributed by atoms with E-state index in [1.807, 2.05) is 33.8 Å². The lowest BCUT2D eigenvalue weighted by Gasteiger charge is -2.23. The van der Waals surface area contributed by atoms with Crippen molar-refractivity contribution < 1.29 is 9.53 Å². The second-order valence-corrected chi connectivity index (χ2v) is 6.93. The molecule has 1 aliphatic carbocycles. The monoisotopic (exact) mass is 286 g/mol. The predicted molar refractivity (Wildman–Crippen MR) is 82.7 cm³/mol. The summed E-state index contributed by atoms with van der Waals surface area (Å²) in [6, 6.07) is 6.16. The molecule has 1 aromatic heterocycles. The van der Waals surface area contributed by atoms with Crippen LogP contribution in [0.4, 0.5) is 4.79 Å². The van der Waals surface area contributed by atoms with Gasteiger partial charge in [-0.3, -0.25) is 0 Å². The van der Waals surface area contributed by atoms with Crippen LogP contribution in [0.15, 0.2) is 18.2 Å². The van der Waals surface area contributed by atoms with Crippen molar-refractivity contribution in [1.82, 2.24) is 9.78 Å². The van der Waals surface area contributed by atoms with E-state index in [1.165, 1.54) is 11.1 Å². The molecule has 1 saturated carbocycles. The second-order valence-electron chi connectivity index (χ2n) is 6.93. The van der Waals surface area contributed by atoms with Gasteiger partial charge in [0.2, 0.25) is 0 Å². The molecule has 0 N–H and O–H groups in total. The number of carbonyl (C=O) groups is 1. The molecule has 1 heterocycles. The molecular formula is C17H22N2O2. The maximum absolute atomic E-state index is 12.4. The Balaban J connectivity index is 2.08. The average Bonchev–Trinajstić information content (AvgIpc) is 2.63. The number of nitrogens with zero attached hydrogens (tertiary/aromatic N) is 2. The van der Waals surface area contributed by atoms with Gasteiger partial charge in [0, 0.05) is 11.3 Å². The van der Waals surface area contributed by atoms with E-state index in [9.17, 15) is 4.79 Å². The number of carbonyl (C=O) groups excluding carboxylic acids is 1. The third-order valence-corrected chi connectivity index (χ3v) is 3.92. The van der Waals surface area contributed by atoms with Crippen LogP contribution in [-0.2, 0) is 4.74 Å². The number of aryl methyl sites for hydroxylation is 1. The lowest BCUT2D eigenvalue weighted by atomic mass is 9.82. The minimum Gasteiger partial charge on any atom is -0.442 e. The van der Waals surface area contributed by atoms with Gasteiger partial charge in [-0.2, -0.15) is 9.78 Å². The van der Waals surface area contributed by atoms with Crippen molar-refractivity contribution in [3.63, 3.8) is 0 Å². The molecule has 112 valence electrons. The molecular weight excluding hydrogens is 264 g/mol. The highest BCUT2D eigenvalue weighted by Crippen LogP contribution is 2.39. The number of hydrogen-bond acceptors (Lipinski definition) is 3. The van der Waals surface area contributed by atoms with Crippen LogP contribution in [-0.4, -0.2) is 21.5 Å². The van der Waals surface area contributed by atoms with E-state index < -0.39 is 11.7 Å². The number of ether oxygens (including phenoxy) is 1. The summed E-state index contributed by atoms with van der Waals surface area (Å²) in [5, 5.41) is 5.66. The summed E-state index contributed by atoms with van der Waals surface area (Å²) in [5.41, 5.74) is 2.50. The van der Waals surface area contributed by atoms with Crippen LogP contribution in [0.5, 0.6) is 0 Å². The zero-order chi connectivity index (χ0) is 15.2. The molecule has 1 fully saturated rings. The second kappa shape index (κ2) is 4.86. The summed E-state index contributed by atoms with van der Waals surface area (Å²) >= 11 is 0. The van der Waals surface area contributed by atoms with Crippen LogP contribution in [0.3, 0.4) is 0 Å². The lowest BCUT2D eigenvalue weighted by Crippen LogP contribution is -2.28. The van der Waals surface area contributed by atoms with Crippen molar-refractivity contribution in [3.05, 3.63) is 29.5 Å². The minimum absolute atomic E-state index is 0.399. The van der Waals surface area contributed by atoms with Gasteiger partial charge >= 0.3 is 6.09 Å². The fraction of sp³-hybridized carbons (Fsp3) is 0.529. The van der Waals surface area contributed by atoms with Gasteiger partial charge in [0.1, 0.15) is 5.60 Å². The summed E-state index contributed by atoms with van der Waals surface area (Å²) in [6.45, 7) is 7.63. The molecule has 0 bridgehead atoms. The first-order valence-electron chi connectivity index (χ1n) is 7.58. The smallest absolute Gasteiger partial charge is 0.435 e. The Kier molecular flexibility index (Phi) is 3.27. The van der Waals surface area contributed by atoms with E-state index in [4.69, 9.17) is 4.74 Å². The van der Waals surface area contributed by atoms with Gasteiger partial charge in [-0.15, -0.1) is 0 Å². The Morgan fingerprint density at radius 1 is 1.33 bits per heavy atom. The highest BCUT2D eigenvalue weighted by molar-refractivity contribution is 5.90. The van der Waals surface area contributed by atoms with Crippen molar-refractivity contribution in [2.75, 3.05) is 0 Å². The molecule has 0 unspecified atom stereocenters. The van der Waals surface area contributed by atoms with Crippen LogP contribution in [0.1, 0.15) is 57.2 Å². The van der Waals surface area contributed by atoms with Gasteiger partial charge in [0.15, 0.2) is 0 Å². The molecule has 4 nitrogen and oxygen atoms in total. The van der Waals surface area contributed by atoms with Gasteiger partial charge in [-0.1, -0.05) is 18.6 Å². The lowest BCUT2D eigenvalue weighted by molar-refractivity contribution is 0.0521. The van der Waals surface area contributed by atoms with E-state index in [2.05, 4.69) is 17.2 Å². The first-order chi connectivity index (χ1) is 9.85. The SMILES string of the molecule is Cc1ccc2c(C3CCC3)nn(C(=O)OC(C)(C)C)c2c1. The zero-order valence-corrected chi connectivity index (χ0v) is 13.1. The van der Waals surface area contributed by atoms with Crippen LogP contribution in [0, 0.1) is 6.92 Å². The topological polar surface area (TPSA) is 44.1 Å². The first kappa shape index (κ1) is 14.1. The summed E-state index contributed by atoms with van der Waals surface area (Å²) in [7, 11) is 0. The van der Waals surface area contributed by atoms with E-state index >= 15 is 0 Å². The van der Waals surface area contributed by atoms with Crippen LogP contribution in [0.25, 0.3) is 10.9 Å². The third-order valence-electron chi connectivity index (χ3n) is 3.92. The Morgan fingerprint density at radius 2 is 2.05 bits per heavy atom. The fourth-order valence-corrected chi connectivity index (χ4v) is 2.68. The molecule has 4 heteroatoms. The molecule has 1 aliphatic rings. The van der Waals surface area contributed by atoms with Gasteiger partial charge in [0.25, 0.3) is 0 Å². The third kappa shape index (κ3) is 2.67. The molecule has 0 spiro atoms. The Bertz CT molecular complexity index is 691. The molecule has 2 aromatic rings. The molecule has 0 saturated heterocycles. The molecule has 0 atom stereocenters. The Labute approximate surface area is 125 Å². The van der Waals surface area contributed by atoms with Gasteiger partial charge in [0.05, 0.1) is 11.2 Å². The van der Waals surface area contributed by atoms with Crippen molar-refractivity contribution >= 4 is 17.0 Å². The number of benzene rings is 1. The number of rotatable bonds is 1. The first-order valence-corrected chi connectivity index (χ1v) is 7.58. The summed E-state index contributed by atoms with van der Waals surface area (Å²) < 4.78 is 6.91. The van der Waals surface area contributed by atoms with Gasteiger partial charge < -0.3 is 4.74 Å². The van der Waals surface area contributed by atoms with Crippen molar-refractivity contribution in [2.24, 2.45) is 0 Å². The van der Waals surface area contributed by atoms with Crippen molar-refractivity contribution in [1.29, 1.82) is 0 Å². The number of hydrogen-bond donors (Lipinski definition) is 0. The molecule has 0 amide bonds. The maximum atomic E-state index is 12.4. The number of fused-ring (bicyclic) bond motifs is 1. The molecule has 3 rings (SSSR count). The van der Waals surface area contributed by atoms with E-state index in [-0.39, 0.29) is 0 Å². The van der Waals surface area contributed by atoms with Crippen LogP contribution in [0.2, 0.25) is 0 Å². The fourth-order valence-electron chi connectivity index (χ4n) is 2.68. The molecule has 21 heavy (non-hydrogen) atoms. The Hall–Kier alpha value is -1.84. The average molecular weight is 286 g/mol. The van der Waals surface area contributed by atoms with Gasteiger partial charge in [-0.25, -0.2) is 4.79 Å². The standard InChI is InChI=1S/C17H22N2O2/c1-11-8-9-13-14(10-11)19(16(20)21-17(2,3)4)18-15(13)12-6-5-7-12/h8-10,12H,5-7H2,1-4H3. The number of aromatic nitrogens is 2. The van der Waals surface area contributed by atoms with Gasteiger partial charge in [-0.05, 0) is 52.2 Å². The quantitative estimate of drug-likeness (QED) is 0.780. The molecule has 0 radical (unpaired) electrons. The molecule has 0 aliphatic heterocycles. The van der Waals surface area contributed by atoms with E-state index in [1.54, 1.807) is 0 Å². The van der Waals surface area contributed by atoms with Crippen molar-refractivity contribution in [2.45, 2.75) is 58.5 Å². The highest BCUT2D eigenvalue weighted by Gasteiger charge is 2.28. The normalized spacial score (nSPS) is 16.0. The predicted octanol–water partition coefficient (Wildman–Crippen LogP) is 4.40. The largest absolute Gasteiger partial charge is 0.442 e. The van der Waals surface area contributed by atoms with E-state index in [0.29, 0.717) is 5.92 Å². The maximum Gasteiger partial charge on any atom is 0.435 e.